The number of benzene rings is 2. The monoisotopic (exact) mass is 386 g/mol. The Hall–Kier alpha value is -2.96. The van der Waals surface area contributed by atoms with Crippen molar-refractivity contribution in [3.8, 4) is 0 Å². The molecule has 0 bridgehead atoms. The number of nitrogens with one attached hydrogen (secondary N) is 3. The minimum Gasteiger partial charge on any atom is -0.356 e. The normalized spacial score (nSPS) is 18.5. The molecule has 2 atom stereocenters. The van der Waals surface area contributed by atoms with Crippen molar-refractivity contribution in [3.05, 3.63) is 70.8 Å². The lowest BCUT2D eigenvalue weighted by Crippen LogP contribution is -2.40. The molecule has 1 fully saturated rings. The molecule has 148 valence electrons. The summed E-state index contributed by atoms with van der Waals surface area (Å²) >= 11 is 0. The smallest absolute Gasteiger partial charge is 0.251 e. The first-order valence-corrected chi connectivity index (χ1v) is 9.25. The summed E-state index contributed by atoms with van der Waals surface area (Å²) in [4.78, 5) is 15.9. The molecule has 1 aliphatic carbocycles. The highest BCUT2D eigenvalue weighted by Crippen LogP contribution is 2.42. The average molecular weight is 386 g/mol. The number of halogens is 2. The average Bonchev–Trinajstić information content (AvgIpc) is 3.45. The largest absolute Gasteiger partial charge is 0.356 e. The summed E-state index contributed by atoms with van der Waals surface area (Å²) in [6, 6.07) is 11.3. The van der Waals surface area contributed by atoms with Crippen molar-refractivity contribution in [1.82, 2.24) is 16.0 Å². The molecule has 2 aromatic rings. The Morgan fingerprint density at radius 2 is 1.89 bits per heavy atom. The van der Waals surface area contributed by atoms with Gasteiger partial charge in [-0.2, -0.15) is 0 Å². The summed E-state index contributed by atoms with van der Waals surface area (Å²) in [6.07, 6.45) is 1.37. The molecule has 1 amide bonds. The highest BCUT2D eigenvalue weighted by atomic mass is 19.1. The molecular formula is C21H24F2N4O. The molecular weight excluding hydrogens is 362 g/mol. The number of hydrogen-bond acceptors (Lipinski definition) is 2. The van der Waals surface area contributed by atoms with Crippen LogP contribution in [0.5, 0.6) is 0 Å². The van der Waals surface area contributed by atoms with Gasteiger partial charge in [-0.3, -0.25) is 9.79 Å². The molecule has 1 saturated carbocycles. The van der Waals surface area contributed by atoms with E-state index in [9.17, 15) is 13.6 Å². The Kier molecular flexibility index (Phi) is 6.23. The van der Waals surface area contributed by atoms with Gasteiger partial charge in [0.15, 0.2) is 5.96 Å². The lowest BCUT2D eigenvalue weighted by atomic mass is 10.1. The van der Waals surface area contributed by atoms with Crippen LogP contribution in [0.25, 0.3) is 0 Å². The second-order valence-electron chi connectivity index (χ2n) is 6.76. The number of carbonyl (C=O) groups excluding carboxylic acids is 1. The number of carbonyl (C=O) groups is 1. The van der Waals surface area contributed by atoms with E-state index in [-0.39, 0.29) is 23.4 Å². The fraction of sp³-hybridized carbons (Fsp3) is 0.333. The molecule has 3 rings (SSSR count). The molecule has 1 aliphatic rings. The zero-order valence-electron chi connectivity index (χ0n) is 15.9. The summed E-state index contributed by atoms with van der Waals surface area (Å²) in [5.41, 5.74) is 1.79. The molecule has 3 N–H and O–H groups in total. The van der Waals surface area contributed by atoms with Crippen LogP contribution in [0.15, 0.2) is 47.5 Å². The molecule has 5 nitrogen and oxygen atoms in total. The maximum Gasteiger partial charge on any atom is 0.251 e. The molecule has 7 heteroatoms. The SMILES string of the molecule is CN=C(NCCc1cccc(C(=O)NC)c1)NC1CC1c1c(F)cccc1F. The van der Waals surface area contributed by atoms with E-state index in [4.69, 9.17) is 0 Å². The number of guanidine groups is 1. The van der Waals surface area contributed by atoms with E-state index in [1.807, 2.05) is 18.2 Å². The standard InChI is InChI=1S/C21H24F2N4O/c1-24-20(28)14-6-3-5-13(11-14)9-10-26-21(25-2)27-18-12-15(18)19-16(22)7-4-8-17(19)23/h3-8,11,15,18H,9-10,12H2,1-2H3,(H,24,28)(H2,25,26,27). The van der Waals surface area contributed by atoms with Gasteiger partial charge in [-0.15, -0.1) is 0 Å². The van der Waals surface area contributed by atoms with Gasteiger partial charge < -0.3 is 16.0 Å². The van der Waals surface area contributed by atoms with Crippen LogP contribution in [0.2, 0.25) is 0 Å². The second-order valence-corrected chi connectivity index (χ2v) is 6.76. The van der Waals surface area contributed by atoms with E-state index in [0.29, 0.717) is 30.9 Å². The van der Waals surface area contributed by atoms with Crippen molar-refractivity contribution < 1.29 is 13.6 Å². The Bertz CT molecular complexity index is 864. The van der Waals surface area contributed by atoms with E-state index in [2.05, 4.69) is 20.9 Å². The van der Waals surface area contributed by atoms with Crippen LogP contribution in [-0.4, -0.2) is 38.5 Å². The molecule has 0 aromatic heterocycles. The zero-order valence-corrected chi connectivity index (χ0v) is 15.9. The molecule has 0 heterocycles. The first-order valence-electron chi connectivity index (χ1n) is 9.25. The fourth-order valence-electron chi connectivity index (χ4n) is 3.25. The molecule has 2 aromatic carbocycles. The number of amides is 1. The first-order chi connectivity index (χ1) is 13.5. The predicted molar refractivity (Wildman–Crippen MR) is 106 cm³/mol. The van der Waals surface area contributed by atoms with Crippen molar-refractivity contribution in [2.45, 2.75) is 24.8 Å². The van der Waals surface area contributed by atoms with E-state index >= 15 is 0 Å². The third-order valence-electron chi connectivity index (χ3n) is 4.83. The van der Waals surface area contributed by atoms with Crippen LogP contribution < -0.4 is 16.0 Å². The Morgan fingerprint density at radius 1 is 1.18 bits per heavy atom. The van der Waals surface area contributed by atoms with Crippen LogP contribution in [-0.2, 0) is 6.42 Å². The van der Waals surface area contributed by atoms with Crippen LogP contribution in [0, 0.1) is 11.6 Å². The van der Waals surface area contributed by atoms with Gasteiger partial charge in [-0.05, 0) is 42.7 Å². The van der Waals surface area contributed by atoms with Crippen LogP contribution in [0.1, 0.15) is 33.8 Å². The number of rotatable bonds is 6. The van der Waals surface area contributed by atoms with Gasteiger partial charge in [0.1, 0.15) is 11.6 Å². The van der Waals surface area contributed by atoms with Crippen LogP contribution in [0.4, 0.5) is 8.78 Å². The molecule has 2 unspecified atom stereocenters. The highest BCUT2D eigenvalue weighted by molar-refractivity contribution is 5.94. The van der Waals surface area contributed by atoms with Crippen molar-refractivity contribution in [1.29, 1.82) is 0 Å². The minimum absolute atomic E-state index is 0.0471. The maximum absolute atomic E-state index is 13.9. The Labute approximate surface area is 163 Å². The van der Waals surface area contributed by atoms with Crippen molar-refractivity contribution in [3.63, 3.8) is 0 Å². The molecule has 0 spiro atoms. The van der Waals surface area contributed by atoms with Gasteiger partial charge in [-0.1, -0.05) is 18.2 Å². The molecule has 0 aliphatic heterocycles. The highest BCUT2D eigenvalue weighted by Gasteiger charge is 2.42. The van der Waals surface area contributed by atoms with Crippen LogP contribution >= 0.6 is 0 Å². The summed E-state index contributed by atoms with van der Waals surface area (Å²) in [6.45, 7) is 0.613. The van der Waals surface area contributed by atoms with Gasteiger partial charge in [0.2, 0.25) is 0 Å². The maximum atomic E-state index is 13.9. The molecule has 28 heavy (non-hydrogen) atoms. The van der Waals surface area contributed by atoms with E-state index < -0.39 is 11.6 Å². The predicted octanol–water partition coefficient (Wildman–Crippen LogP) is 2.59. The lowest BCUT2D eigenvalue weighted by Gasteiger charge is -2.12. The number of nitrogens with zero attached hydrogens (tertiary/aromatic N) is 1. The summed E-state index contributed by atoms with van der Waals surface area (Å²) < 4.78 is 27.8. The fourth-order valence-corrected chi connectivity index (χ4v) is 3.25. The van der Waals surface area contributed by atoms with Crippen molar-refractivity contribution in [2.24, 2.45) is 4.99 Å². The Morgan fingerprint density at radius 3 is 2.57 bits per heavy atom. The summed E-state index contributed by atoms with van der Waals surface area (Å²) in [5.74, 6) is -0.732. The Balaban J connectivity index is 1.51. The zero-order chi connectivity index (χ0) is 20.1. The number of aliphatic imine (C=N–C) groups is 1. The van der Waals surface area contributed by atoms with Crippen molar-refractivity contribution in [2.75, 3.05) is 20.6 Å². The van der Waals surface area contributed by atoms with Gasteiger partial charge in [-0.25, -0.2) is 8.78 Å². The van der Waals surface area contributed by atoms with E-state index in [0.717, 1.165) is 5.56 Å². The van der Waals surface area contributed by atoms with Gasteiger partial charge in [0, 0.05) is 43.7 Å². The summed E-state index contributed by atoms with van der Waals surface area (Å²) in [7, 11) is 3.26. The first kappa shape index (κ1) is 19.8. The van der Waals surface area contributed by atoms with Gasteiger partial charge in [0.25, 0.3) is 5.91 Å². The molecule has 0 saturated heterocycles. The lowest BCUT2D eigenvalue weighted by molar-refractivity contribution is 0.0963. The summed E-state index contributed by atoms with van der Waals surface area (Å²) in [5, 5.41) is 9.02. The number of hydrogen-bond donors (Lipinski definition) is 3. The van der Waals surface area contributed by atoms with Gasteiger partial charge >= 0.3 is 0 Å². The second kappa shape index (κ2) is 8.82. The van der Waals surface area contributed by atoms with Crippen LogP contribution in [0.3, 0.4) is 0 Å². The third kappa shape index (κ3) is 4.65. The van der Waals surface area contributed by atoms with E-state index in [1.54, 1.807) is 20.2 Å². The molecule has 0 radical (unpaired) electrons. The quantitative estimate of drug-likeness (QED) is 0.528. The minimum atomic E-state index is -0.506. The van der Waals surface area contributed by atoms with E-state index in [1.165, 1.54) is 18.2 Å². The topological polar surface area (TPSA) is 65.5 Å². The van der Waals surface area contributed by atoms with Crippen molar-refractivity contribution >= 4 is 11.9 Å². The third-order valence-corrected chi connectivity index (χ3v) is 4.83. The van der Waals surface area contributed by atoms with Gasteiger partial charge in [0.05, 0.1) is 0 Å².